The van der Waals surface area contributed by atoms with Crippen molar-refractivity contribution in [1.82, 2.24) is 4.48 Å². The van der Waals surface area contributed by atoms with E-state index in [9.17, 15) is 0 Å². The molecular weight excluding hydrogens is 478 g/mol. The second kappa shape index (κ2) is 16.7. The van der Waals surface area contributed by atoms with Gasteiger partial charge >= 0.3 is 0 Å². The van der Waals surface area contributed by atoms with Gasteiger partial charge in [0.05, 0.1) is 6.54 Å². The lowest BCUT2D eigenvalue weighted by Crippen LogP contribution is -3.00. The van der Waals surface area contributed by atoms with Crippen molar-refractivity contribution in [1.29, 1.82) is 0 Å². The Morgan fingerprint density at radius 3 is 1.03 bits per heavy atom. The van der Waals surface area contributed by atoms with Crippen molar-refractivity contribution < 1.29 is 17.0 Å². The Morgan fingerprint density at radius 1 is 0.412 bits per heavy atom. The zero-order valence-corrected chi connectivity index (χ0v) is 22.8. The molecular formula is C32H44BrN. The molecule has 0 unspecified atom stereocenters. The quantitative estimate of drug-likeness (QED) is 0.136. The summed E-state index contributed by atoms with van der Waals surface area (Å²) in [6.07, 6.45) is 16.6. The Hall–Kier alpha value is -1.90. The number of quaternary nitrogens is 1. The summed E-state index contributed by atoms with van der Waals surface area (Å²) in [5.41, 5.74) is 4.04. The summed E-state index contributed by atoms with van der Waals surface area (Å²) < 4.78 is 0.792. The molecule has 0 spiro atoms. The van der Waals surface area contributed by atoms with E-state index in [2.05, 4.69) is 97.9 Å². The molecule has 0 saturated carbocycles. The number of nitrogens with zero attached hydrogens (tertiary/aromatic N) is 1. The number of benzene rings is 3. The highest BCUT2D eigenvalue weighted by Gasteiger charge is 2.35. The fourth-order valence-electron chi connectivity index (χ4n) is 5.07. The lowest BCUT2D eigenvalue weighted by atomic mass is 10.0. The van der Waals surface area contributed by atoms with Gasteiger partial charge in [-0.3, -0.25) is 0 Å². The van der Waals surface area contributed by atoms with E-state index < -0.39 is 0 Å². The minimum Gasteiger partial charge on any atom is -1.00 e. The summed E-state index contributed by atoms with van der Waals surface area (Å²) >= 11 is 0. The van der Waals surface area contributed by atoms with Crippen LogP contribution in [0.1, 0.15) is 84.0 Å². The van der Waals surface area contributed by atoms with Crippen molar-refractivity contribution in [2.45, 2.75) is 84.0 Å². The number of unbranched alkanes of at least 4 members (excludes halogenated alkanes) is 11. The lowest BCUT2D eigenvalue weighted by Gasteiger charge is -2.37. The predicted octanol–water partition coefficient (Wildman–Crippen LogP) is 7.36. The number of halogens is 1. The topological polar surface area (TPSA) is 0 Å². The van der Waals surface area contributed by atoms with Crippen molar-refractivity contribution in [3.8, 4) is 0 Å². The van der Waals surface area contributed by atoms with Crippen LogP contribution in [0, 0.1) is 0 Å². The van der Waals surface area contributed by atoms with Crippen LogP contribution in [0.15, 0.2) is 91.0 Å². The van der Waals surface area contributed by atoms with Crippen LogP contribution in [-0.2, 0) is 0 Å². The van der Waals surface area contributed by atoms with Gasteiger partial charge < -0.3 is 17.0 Å². The molecule has 0 heterocycles. The first-order valence-electron chi connectivity index (χ1n) is 13.4. The normalized spacial score (nSPS) is 11.2. The van der Waals surface area contributed by atoms with Crippen LogP contribution in [0.25, 0.3) is 0 Å². The van der Waals surface area contributed by atoms with Gasteiger partial charge in [0.15, 0.2) is 0 Å². The van der Waals surface area contributed by atoms with Crippen LogP contribution in [-0.4, -0.2) is 6.54 Å². The van der Waals surface area contributed by atoms with Crippen molar-refractivity contribution in [2.75, 3.05) is 6.54 Å². The van der Waals surface area contributed by atoms with Gasteiger partial charge in [-0.2, -0.15) is 0 Å². The van der Waals surface area contributed by atoms with Crippen molar-refractivity contribution in [3.05, 3.63) is 91.0 Å². The molecule has 0 N–H and O–H groups in total. The van der Waals surface area contributed by atoms with Crippen molar-refractivity contribution in [3.63, 3.8) is 0 Å². The van der Waals surface area contributed by atoms with E-state index in [0.29, 0.717) is 0 Å². The second-order valence-corrected chi connectivity index (χ2v) is 9.43. The highest BCUT2D eigenvalue weighted by Crippen LogP contribution is 2.43. The Bertz CT molecular complexity index is 767. The van der Waals surface area contributed by atoms with E-state index in [1.165, 1.54) is 94.1 Å². The van der Waals surface area contributed by atoms with E-state index in [1.54, 1.807) is 0 Å². The van der Waals surface area contributed by atoms with E-state index in [4.69, 9.17) is 0 Å². The molecule has 0 aliphatic rings. The molecule has 0 radical (unpaired) electrons. The minimum atomic E-state index is 0. The van der Waals surface area contributed by atoms with E-state index >= 15 is 0 Å². The summed E-state index contributed by atoms with van der Waals surface area (Å²) in [6.45, 7) is 3.39. The molecule has 3 rings (SSSR count). The molecule has 0 aliphatic heterocycles. The molecule has 2 heteroatoms. The molecule has 3 aromatic rings. The molecule has 1 nitrogen and oxygen atoms in total. The zero-order chi connectivity index (χ0) is 23.0. The predicted molar refractivity (Wildman–Crippen MR) is 146 cm³/mol. The third kappa shape index (κ3) is 8.40. The van der Waals surface area contributed by atoms with Crippen LogP contribution >= 0.6 is 0 Å². The SMILES string of the molecule is CCCCCCCCCCCCCC[N+](c1ccccc1)(c1ccccc1)c1ccccc1.[Br-]. The monoisotopic (exact) mass is 521 g/mol. The third-order valence-electron chi connectivity index (χ3n) is 6.94. The van der Waals surface area contributed by atoms with Crippen LogP contribution in [0.5, 0.6) is 0 Å². The van der Waals surface area contributed by atoms with Crippen molar-refractivity contribution in [2.24, 2.45) is 0 Å². The smallest absolute Gasteiger partial charge is 0.143 e. The van der Waals surface area contributed by atoms with E-state index in [-0.39, 0.29) is 17.0 Å². The van der Waals surface area contributed by atoms with Gasteiger partial charge in [-0.15, -0.1) is 0 Å². The first-order chi connectivity index (χ1) is 16.4. The van der Waals surface area contributed by atoms with E-state index in [0.717, 1.165) is 11.0 Å². The number of rotatable bonds is 16. The van der Waals surface area contributed by atoms with Gasteiger partial charge in [0, 0.05) is 0 Å². The maximum atomic E-state index is 2.29. The van der Waals surface area contributed by atoms with Crippen LogP contribution in [0.2, 0.25) is 0 Å². The standard InChI is InChI=1S/C32H44N.BrH/c1-2-3-4-5-6-7-8-9-10-11-12-22-29-33(30-23-16-13-17-24-30,31-25-18-14-19-26-31)32-27-20-15-21-28-32;/h13-21,23-28H,2-12,22,29H2,1H3;1H/q+1;/p-1. The molecule has 184 valence electrons. The van der Waals surface area contributed by atoms with Crippen LogP contribution < -0.4 is 21.5 Å². The summed E-state index contributed by atoms with van der Waals surface area (Å²) in [5.74, 6) is 0. The fraction of sp³-hybridized carbons (Fsp3) is 0.438. The molecule has 0 saturated heterocycles. The Balaban J connectivity index is 0.00000408. The molecule has 0 atom stereocenters. The van der Waals surface area contributed by atoms with Gasteiger partial charge in [-0.1, -0.05) is 126 Å². The molecule has 0 bridgehead atoms. The van der Waals surface area contributed by atoms with Crippen LogP contribution in [0.4, 0.5) is 17.1 Å². The molecule has 0 fully saturated rings. The fourth-order valence-corrected chi connectivity index (χ4v) is 5.07. The van der Waals surface area contributed by atoms with Gasteiger partial charge in [-0.25, -0.2) is 4.48 Å². The first kappa shape index (κ1) is 28.3. The molecule has 34 heavy (non-hydrogen) atoms. The molecule has 3 aromatic carbocycles. The van der Waals surface area contributed by atoms with Gasteiger partial charge in [-0.05, 0) is 49.2 Å². The Labute approximate surface area is 219 Å². The van der Waals surface area contributed by atoms with Gasteiger partial charge in [0.2, 0.25) is 0 Å². The second-order valence-electron chi connectivity index (χ2n) is 9.43. The molecule has 0 amide bonds. The van der Waals surface area contributed by atoms with Gasteiger partial charge in [0.25, 0.3) is 0 Å². The number of hydrogen-bond acceptors (Lipinski definition) is 0. The Kier molecular flexibility index (Phi) is 13.9. The highest BCUT2D eigenvalue weighted by atomic mass is 79.9. The minimum absolute atomic E-state index is 0. The van der Waals surface area contributed by atoms with Gasteiger partial charge in [0.1, 0.15) is 17.1 Å². The average molecular weight is 523 g/mol. The average Bonchev–Trinajstić information content (AvgIpc) is 2.89. The summed E-state index contributed by atoms with van der Waals surface area (Å²) in [6, 6.07) is 33.2. The molecule has 0 aliphatic carbocycles. The summed E-state index contributed by atoms with van der Waals surface area (Å²) in [4.78, 5) is 0. The maximum absolute atomic E-state index is 2.29. The van der Waals surface area contributed by atoms with E-state index in [1.807, 2.05) is 0 Å². The lowest BCUT2D eigenvalue weighted by molar-refractivity contribution is -0.00000679. The zero-order valence-electron chi connectivity index (χ0n) is 21.2. The largest absolute Gasteiger partial charge is 1.00 e. The highest BCUT2D eigenvalue weighted by molar-refractivity contribution is 5.70. The Morgan fingerprint density at radius 2 is 0.706 bits per heavy atom. The first-order valence-corrected chi connectivity index (χ1v) is 13.4. The number of para-hydroxylation sites is 3. The third-order valence-corrected chi connectivity index (χ3v) is 6.94. The maximum Gasteiger partial charge on any atom is 0.143 e. The van der Waals surface area contributed by atoms with Crippen LogP contribution in [0.3, 0.4) is 0 Å². The summed E-state index contributed by atoms with van der Waals surface area (Å²) in [7, 11) is 0. The molecule has 0 aromatic heterocycles. The van der Waals surface area contributed by atoms with Crippen molar-refractivity contribution >= 4 is 17.1 Å². The summed E-state index contributed by atoms with van der Waals surface area (Å²) in [5, 5.41) is 0. The number of hydrogen-bond donors (Lipinski definition) is 0.